The number of rotatable bonds is 15. The van der Waals surface area contributed by atoms with Gasteiger partial charge in [0.1, 0.15) is 31.0 Å². The van der Waals surface area contributed by atoms with Crippen LogP contribution in [0.3, 0.4) is 0 Å². The molecule has 0 amide bonds. The van der Waals surface area contributed by atoms with Gasteiger partial charge in [0.25, 0.3) is 0 Å². The van der Waals surface area contributed by atoms with Gasteiger partial charge < -0.3 is 24.1 Å². The molecule has 0 spiro atoms. The summed E-state index contributed by atoms with van der Waals surface area (Å²) in [4.78, 5) is 52.3. The van der Waals surface area contributed by atoms with Gasteiger partial charge in [-0.15, -0.1) is 0 Å². The van der Waals surface area contributed by atoms with Crippen LogP contribution in [0.25, 0.3) is 0 Å². The van der Waals surface area contributed by atoms with E-state index in [9.17, 15) is 24.0 Å². The second-order valence-electron chi connectivity index (χ2n) is 13.5. The third kappa shape index (κ3) is 23.1. The number of aryl methyl sites for hydroxylation is 6. The Hall–Kier alpha value is -5.96. The van der Waals surface area contributed by atoms with Crippen LogP contribution in [0.5, 0.6) is 0 Å². The number of aliphatic hydroxyl groups is 1. The highest BCUT2D eigenvalue weighted by Crippen LogP contribution is 2.18. The van der Waals surface area contributed by atoms with E-state index in [2.05, 4.69) is 41.4 Å². The second-order valence-corrected chi connectivity index (χ2v) is 14.2. The van der Waals surface area contributed by atoms with Crippen molar-refractivity contribution in [3.8, 4) is 0 Å². The van der Waals surface area contributed by atoms with Crippen molar-refractivity contribution >= 4 is 46.1 Å². The molecule has 0 aliphatic heterocycles. The zero-order chi connectivity index (χ0) is 46.8. The monoisotopic (exact) mass is 932 g/mol. The van der Waals surface area contributed by atoms with E-state index in [0.717, 1.165) is 44.8 Å². The van der Waals surface area contributed by atoms with Gasteiger partial charge in [0.15, 0.2) is 6.29 Å². The number of hydrogen-bond acceptors (Lipinski definition) is 15. The maximum absolute atomic E-state index is 10.5. The van der Waals surface area contributed by atoms with Crippen molar-refractivity contribution in [2.75, 3.05) is 33.0 Å². The Balaban J connectivity index is 0.000000390. The van der Waals surface area contributed by atoms with Crippen LogP contribution in [0.15, 0.2) is 41.5 Å². The molecule has 0 saturated carbocycles. The molecule has 5 aromatic heterocycles. The van der Waals surface area contributed by atoms with Crippen molar-refractivity contribution in [1.29, 1.82) is 0 Å². The second kappa shape index (κ2) is 29.3. The number of carbonyl (C=O) groups is 5. The molecular formula is C41H61BrN10O10. The van der Waals surface area contributed by atoms with Crippen molar-refractivity contribution < 1.29 is 48.0 Å². The fourth-order valence-electron chi connectivity index (χ4n) is 4.69. The normalized spacial score (nSPS) is 10.0. The van der Waals surface area contributed by atoms with Gasteiger partial charge in [-0.3, -0.25) is 47.4 Å². The summed E-state index contributed by atoms with van der Waals surface area (Å²) < 4.78 is 28.7. The SMILES string of the molecule is CC(=O)OCCn1cc(C)c(C)n1.CC(=O)OCCn1cc(C=O)c(C)n1.CC(=O)OCCn1ccc(C)n1.CC(=O)OCCn1nc(C)c(C)c1Br.Cc1ccn(CCO)n1. The molecule has 20 nitrogen and oxygen atoms in total. The molecule has 0 unspecified atom stereocenters. The van der Waals surface area contributed by atoms with E-state index >= 15 is 0 Å². The highest BCUT2D eigenvalue weighted by atomic mass is 79.9. The fraction of sp³-hybridized carbons (Fsp3) is 0.512. The summed E-state index contributed by atoms with van der Waals surface area (Å²) in [6, 6.07) is 3.82. The standard InChI is InChI=1S/C9H13BrN2O2.C9H12N2O3.C9H14N2O2.C8H12N2O2.C6H10N2O/c1-6-7(2)11-12(9(6)10)4-5-14-8(3)13;1-7-9(6-12)5-11(10-7)3-4-14-8(2)13;1-7-6-11(10-8(7)2)4-5-13-9(3)12;1-7-3-4-10(9-7)5-6-12-8(2)11;1-6-2-3-8(7-6)4-5-9/h4-5H2,1-3H3;5-6H,3-4H2,1-2H3;6H,4-5H2,1-3H3;3-4H,5-6H2,1-2H3;2-3,9H,4-5H2,1H3. The summed E-state index contributed by atoms with van der Waals surface area (Å²) in [5.41, 5.74) is 7.48. The average molecular weight is 934 g/mol. The Kier molecular flexibility index (Phi) is 25.6. The van der Waals surface area contributed by atoms with Gasteiger partial charge in [0, 0.05) is 58.0 Å². The molecule has 0 aliphatic rings. The van der Waals surface area contributed by atoms with Crippen molar-refractivity contribution in [2.45, 2.75) is 109 Å². The Labute approximate surface area is 370 Å². The minimum absolute atomic E-state index is 0.154. The molecular weight excluding hydrogens is 872 g/mol. The van der Waals surface area contributed by atoms with Crippen molar-refractivity contribution in [3.63, 3.8) is 0 Å². The summed E-state index contributed by atoms with van der Waals surface area (Å²) >= 11 is 3.43. The third-order valence-electron chi connectivity index (χ3n) is 8.02. The number of aromatic nitrogens is 10. The van der Waals surface area contributed by atoms with Crippen LogP contribution >= 0.6 is 15.9 Å². The molecule has 21 heteroatoms. The highest BCUT2D eigenvalue weighted by Gasteiger charge is 2.08. The smallest absolute Gasteiger partial charge is 0.302 e. The summed E-state index contributed by atoms with van der Waals surface area (Å²) in [5.74, 6) is -1.08. The fourth-order valence-corrected chi connectivity index (χ4v) is 5.23. The van der Waals surface area contributed by atoms with Gasteiger partial charge in [0.05, 0.1) is 73.4 Å². The zero-order valence-corrected chi connectivity index (χ0v) is 39.2. The first-order valence-corrected chi connectivity index (χ1v) is 20.4. The number of hydrogen-bond donors (Lipinski definition) is 1. The summed E-state index contributed by atoms with van der Waals surface area (Å²) in [6.45, 7) is 23.5. The predicted molar refractivity (Wildman–Crippen MR) is 231 cm³/mol. The number of nitrogens with zero attached hydrogens (tertiary/aromatic N) is 10. The lowest BCUT2D eigenvalue weighted by Crippen LogP contribution is -2.10. The number of aldehydes is 1. The number of carbonyl (C=O) groups excluding carboxylic acids is 5. The zero-order valence-electron chi connectivity index (χ0n) is 37.6. The first-order chi connectivity index (χ1) is 29.2. The molecule has 342 valence electrons. The quantitative estimate of drug-likeness (QED) is 0.0872. The lowest BCUT2D eigenvalue weighted by atomic mass is 10.3. The lowest BCUT2D eigenvalue weighted by molar-refractivity contribution is -0.142. The Bertz CT molecular complexity index is 2110. The van der Waals surface area contributed by atoms with Gasteiger partial charge in [-0.2, -0.15) is 25.5 Å². The molecule has 0 fully saturated rings. The van der Waals surface area contributed by atoms with Crippen LogP contribution in [0.1, 0.15) is 77.6 Å². The third-order valence-corrected chi connectivity index (χ3v) is 9.02. The molecule has 0 saturated heterocycles. The van der Waals surface area contributed by atoms with Gasteiger partial charge in [-0.05, 0) is 82.1 Å². The molecule has 0 radical (unpaired) electrons. The Morgan fingerprint density at radius 1 is 0.581 bits per heavy atom. The topological polar surface area (TPSA) is 232 Å². The van der Waals surface area contributed by atoms with Crippen molar-refractivity contribution in [2.24, 2.45) is 0 Å². The Morgan fingerprint density at radius 3 is 1.34 bits per heavy atom. The number of esters is 4. The van der Waals surface area contributed by atoms with Crippen LogP contribution in [-0.2, 0) is 70.8 Å². The molecule has 0 aromatic carbocycles. The Morgan fingerprint density at radius 2 is 1.00 bits per heavy atom. The molecule has 0 atom stereocenters. The van der Waals surface area contributed by atoms with E-state index in [-0.39, 0.29) is 37.1 Å². The molecule has 62 heavy (non-hydrogen) atoms. The van der Waals surface area contributed by atoms with E-state index in [1.54, 1.807) is 36.5 Å². The van der Waals surface area contributed by atoms with E-state index in [0.29, 0.717) is 63.8 Å². The molecule has 5 heterocycles. The first-order valence-electron chi connectivity index (χ1n) is 19.6. The maximum Gasteiger partial charge on any atom is 0.302 e. The minimum atomic E-state index is -0.315. The highest BCUT2D eigenvalue weighted by molar-refractivity contribution is 9.10. The molecule has 0 aliphatic carbocycles. The number of halogens is 1. The van der Waals surface area contributed by atoms with Crippen LogP contribution in [0, 0.1) is 48.5 Å². The average Bonchev–Trinajstić information content (AvgIpc) is 4.01. The lowest BCUT2D eigenvalue weighted by Gasteiger charge is -2.03. The van der Waals surface area contributed by atoms with E-state index in [1.165, 1.54) is 27.7 Å². The van der Waals surface area contributed by atoms with Crippen LogP contribution in [0.2, 0.25) is 0 Å². The summed E-state index contributed by atoms with van der Waals surface area (Å²) in [6.07, 6.45) is 8.04. The van der Waals surface area contributed by atoms with E-state index in [4.69, 9.17) is 24.1 Å². The van der Waals surface area contributed by atoms with Gasteiger partial charge in [-0.25, -0.2) is 0 Å². The largest absolute Gasteiger partial charge is 0.464 e. The van der Waals surface area contributed by atoms with Crippen molar-refractivity contribution in [1.82, 2.24) is 48.9 Å². The molecule has 0 bridgehead atoms. The molecule has 5 aromatic rings. The summed E-state index contributed by atoms with van der Waals surface area (Å²) in [5, 5.41) is 29.2. The van der Waals surface area contributed by atoms with Gasteiger partial charge in [0.2, 0.25) is 0 Å². The maximum atomic E-state index is 10.5. The molecule has 1 N–H and O–H groups in total. The summed E-state index contributed by atoms with van der Waals surface area (Å²) in [7, 11) is 0. The molecule has 5 rings (SSSR count). The first kappa shape index (κ1) is 54.1. The van der Waals surface area contributed by atoms with Crippen LogP contribution in [-0.4, -0.2) is 117 Å². The van der Waals surface area contributed by atoms with Gasteiger partial charge >= 0.3 is 23.9 Å². The number of ether oxygens (including phenoxy) is 4. The predicted octanol–water partition coefficient (Wildman–Crippen LogP) is 4.39. The van der Waals surface area contributed by atoms with Gasteiger partial charge in [-0.1, -0.05) is 0 Å². The van der Waals surface area contributed by atoms with E-state index in [1.807, 2.05) is 72.3 Å². The van der Waals surface area contributed by atoms with Crippen molar-refractivity contribution in [3.05, 3.63) is 86.7 Å². The number of aliphatic hydroxyl groups excluding tert-OH is 1. The van der Waals surface area contributed by atoms with Crippen LogP contribution < -0.4 is 0 Å². The van der Waals surface area contributed by atoms with E-state index < -0.39 is 0 Å². The minimum Gasteiger partial charge on any atom is -0.464 e. The van der Waals surface area contributed by atoms with Crippen LogP contribution in [0.4, 0.5) is 0 Å².